The zero-order valence-electron chi connectivity index (χ0n) is 16.6. The lowest BCUT2D eigenvalue weighted by atomic mass is 9.76. The summed E-state index contributed by atoms with van der Waals surface area (Å²) in [5, 5.41) is 1.98. The molecule has 0 saturated carbocycles. The fourth-order valence-corrected chi connectivity index (χ4v) is 6.19. The number of thiophene rings is 1. The number of hydrogen-bond acceptors (Lipinski definition) is 5. The molecule has 2 saturated heterocycles. The lowest BCUT2D eigenvalue weighted by Gasteiger charge is -2.46. The van der Waals surface area contributed by atoms with Gasteiger partial charge in [0, 0.05) is 37.3 Å². The summed E-state index contributed by atoms with van der Waals surface area (Å²) in [7, 11) is 0. The van der Waals surface area contributed by atoms with Crippen LogP contribution in [0.1, 0.15) is 58.9 Å². The number of amides is 1. The van der Waals surface area contributed by atoms with Crippen LogP contribution in [-0.2, 0) is 11.8 Å². The first-order valence-corrected chi connectivity index (χ1v) is 11.4. The zero-order valence-corrected chi connectivity index (χ0v) is 17.4. The van der Waals surface area contributed by atoms with Gasteiger partial charge < -0.3 is 4.90 Å². The highest BCUT2D eigenvalue weighted by atomic mass is 32.1. The van der Waals surface area contributed by atoms with Gasteiger partial charge in [0.05, 0.1) is 10.6 Å². The van der Waals surface area contributed by atoms with Crippen molar-refractivity contribution in [2.75, 3.05) is 26.2 Å². The van der Waals surface area contributed by atoms with Crippen LogP contribution in [-0.4, -0.2) is 57.9 Å². The molecule has 1 unspecified atom stereocenters. The van der Waals surface area contributed by atoms with E-state index in [1.807, 2.05) is 29.3 Å². The van der Waals surface area contributed by atoms with Crippen molar-refractivity contribution in [1.29, 1.82) is 0 Å². The van der Waals surface area contributed by atoms with Gasteiger partial charge in [-0.05, 0) is 69.0 Å². The average Bonchev–Trinajstić information content (AvgIpc) is 3.37. The van der Waals surface area contributed by atoms with E-state index in [2.05, 4.69) is 16.1 Å². The average molecular weight is 397 g/mol. The third-order valence-electron chi connectivity index (χ3n) is 6.97. The lowest BCUT2D eigenvalue weighted by Crippen LogP contribution is -2.53. The summed E-state index contributed by atoms with van der Waals surface area (Å²) in [5.74, 6) is 1.11. The van der Waals surface area contributed by atoms with E-state index in [0.29, 0.717) is 6.04 Å². The number of rotatable bonds is 2. The summed E-state index contributed by atoms with van der Waals surface area (Å²) < 4.78 is 0. The Labute approximate surface area is 170 Å². The van der Waals surface area contributed by atoms with E-state index >= 15 is 0 Å². The van der Waals surface area contributed by atoms with Crippen LogP contribution in [0, 0.1) is 6.92 Å². The number of aryl methyl sites for hydroxylation is 2. The van der Waals surface area contributed by atoms with Crippen molar-refractivity contribution in [1.82, 2.24) is 19.8 Å². The Morgan fingerprint density at radius 3 is 2.89 bits per heavy atom. The van der Waals surface area contributed by atoms with Gasteiger partial charge in [-0.3, -0.25) is 9.69 Å². The highest BCUT2D eigenvalue weighted by Gasteiger charge is 2.45. The summed E-state index contributed by atoms with van der Waals surface area (Å²) in [6.45, 7) is 6.07. The smallest absolute Gasteiger partial charge is 0.263 e. The van der Waals surface area contributed by atoms with Gasteiger partial charge in [-0.1, -0.05) is 6.07 Å². The number of hydrogen-bond donors (Lipinski definition) is 0. The number of aromatic nitrogens is 2. The first-order valence-electron chi connectivity index (χ1n) is 10.5. The zero-order chi connectivity index (χ0) is 19.1. The minimum absolute atomic E-state index is 0.209. The molecule has 0 radical (unpaired) electrons. The van der Waals surface area contributed by atoms with E-state index in [-0.39, 0.29) is 11.3 Å². The Morgan fingerprint density at radius 2 is 2.11 bits per heavy atom. The molecule has 1 atom stereocenters. The summed E-state index contributed by atoms with van der Waals surface area (Å²) in [5.41, 5.74) is 2.92. The number of piperidine rings is 2. The lowest BCUT2D eigenvalue weighted by molar-refractivity contribution is 0.0472. The van der Waals surface area contributed by atoms with Crippen molar-refractivity contribution in [3.8, 4) is 0 Å². The molecule has 0 aromatic carbocycles. The number of likely N-dealkylation sites (tertiary alicyclic amines) is 2. The third kappa shape index (κ3) is 3.16. The molecule has 28 heavy (non-hydrogen) atoms. The van der Waals surface area contributed by atoms with Crippen LogP contribution in [0.2, 0.25) is 0 Å². The molecular weight excluding hydrogens is 368 g/mol. The van der Waals surface area contributed by atoms with E-state index in [0.717, 1.165) is 49.6 Å². The van der Waals surface area contributed by atoms with Gasteiger partial charge >= 0.3 is 0 Å². The molecule has 3 aliphatic rings. The maximum absolute atomic E-state index is 12.6. The molecule has 1 amide bonds. The second-order valence-corrected chi connectivity index (χ2v) is 9.59. The minimum Gasteiger partial charge on any atom is -0.338 e. The first kappa shape index (κ1) is 18.3. The molecule has 1 aliphatic carbocycles. The van der Waals surface area contributed by atoms with Crippen LogP contribution < -0.4 is 0 Å². The van der Waals surface area contributed by atoms with Crippen molar-refractivity contribution < 1.29 is 4.79 Å². The van der Waals surface area contributed by atoms with Crippen LogP contribution in [0.25, 0.3) is 0 Å². The standard InChI is InChI=1S/C22H28N4OS/c1-16-23-14-17-5-9-22(20(17)24-16)8-3-10-26(15-22)18-6-11-25(12-7-18)21(27)19-4-2-13-28-19/h2,4,13-14,18H,3,5-12,15H2,1H3. The molecule has 2 fully saturated rings. The molecule has 2 aromatic heterocycles. The monoisotopic (exact) mass is 396 g/mol. The summed E-state index contributed by atoms with van der Waals surface area (Å²) >= 11 is 1.55. The largest absolute Gasteiger partial charge is 0.338 e. The number of carbonyl (C=O) groups excluding carboxylic acids is 1. The van der Waals surface area contributed by atoms with Gasteiger partial charge in [0.15, 0.2) is 0 Å². The number of fused-ring (bicyclic) bond motifs is 2. The molecular formula is C22H28N4OS. The molecule has 2 aromatic rings. The van der Waals surface area contributed by atoms with Crippen LogP contribution in [0.5, 0.6) is 0 Å². The fourth-order valence-electron chi connectivity index (χ4n) is 5.50. The van der Waals surface area contributed by atoms with E-state index < -0.39 is 0 Å². The normalized spacial score (nSPS) is 26.0. The van der Waals surface area contributed by atoms with Gasteiger partial charge in [0.1, 0.15) is 5.82 Å². The number of carbonyl (C=O) groups is 1. The van der Waals surface area contributed by atoms with E-state index in [4.69, 9.17) is 4.98 Å². The number of nitrogens with zero attached hydrogens (tertiary/aromatic N) is 4. The molecule has 5 rings (SSSR count). The van der Waals surface area contributed by atoms with Crippen LogP contribution in [0.4, 0.5) is 0 Å². The molecule has 6 heteroatoms. The Kier molecular flexibility index (Phi) is 4.71. The van der Waals surface area contributed by atoms with Gasteiger partial charge in [-0.15, -0.1) is 11.3 Å². The molecule has 5 nitrogen and oxygen atoms in total. The van der Waals surface area contributed by atoms with Crippen molar-refractivity contribution in [3.63, 3.8) is 0 Å². The van der Waals surface area contributed by atoms with Crippen LogP contribution >= 0.6 is 11.3 Å². The summed E-state index contributed by atoms with van der Waals surface area (Å²) in [6.07, 6.45) is 9.06. The summed E-state index contributed by atoms with van der Waals surface area (Å²) in [6, 6.07) is 4.49. The van der Waals surface area contributed by atoms with Crippen molar-refractivity contribution >= 4 is 17.2 Å². The van der Waals surface area contributed by atoms with E-state index in [1.165, 1.54) is 37.1 Å². The Balaban J connectivity index is 1.26. The molecule has 4 heterocycles. The Morgan fingerprint density at radius 1 is 1.25 bits per heavy atom. The highest BCUT2D eigenvalue weighted by Crippen LogP contribution is 2.44. The molecule has 1 spiro atoms. The molecule has 0 N–H and O–H groups in total. The van der Waals surface area contributed by atoms with Crippen molar-refractivity contribution in [2.45, 2.75) is 56.9 Å². The second kappa shape index (κ2) is 7.23. The maximum Gasteiger partial charge on any atom is 0.263 e. The predicted molar refractivity (Wildman–Crippen MR) is 111 cm³/mol. The van der Waals surface area contributed by atoms with Crippen molar-refractivity contribution in [2.24, 2.45) is 0 Å². The molecule has 0 bridgehead atoms. The second-order valence-electron chi connectivity index (χ2n) is 8.65. The van der Waals surface area contributed by atoms with Crippen LogP contribution in [0.3, 0.4) is 0 Å². The minimum atomic E-state index is 0.209. The Bertz CT molecular complexity index is 855. The topological polar surface area (TPSA) is 49.3 Å². The van der Waals surface area contributed by atoms with Gasteiger partial charge in [0.25, 0.3) is 5.91 Å². The van der Waals surface area contributed by atoms with Crippen LogP contribution in [0.15, 0.2) is 23.7 Å². The third-order valence-corrected chi connectivity index (χ3v) is 7.82. The Hall–Kier alpha value is -1.79. The first-order chi connectivity index (χ1) is 13.6. The summed E-state index contributed by atoms with van der Waals surface area (Å²) in [4.78, 5) is 27.6. The maximum atomic E-state index is 12.6. The van der Waals surface area contributed by atoms with Gasteiger partial charge in [-0.25, -0.2) is 9.97 Å². The quantitative estimate of drug-likeness (QED) is 0.780. The molecule has 2 aliphatic heterocycles. The van der Waals surface area contributed by atoms with E-state index in [1.54, 1.807) is 11.3 Å². The fraction of sp³-hybridized carbons (Fsp3) is 0.591. The van der Waals surface area contributed by atoms with E-state index in [9.17, 15) is 4.79 Å². The predicted octanol–water partition coefficient (Wildman–Crippen LogP) is 3.43. The SMILES string of the molecule is Cc1ncc2c(n1)C1(CCCN(C3CCN(C(=O)c4cccs4)CC3)C1)CC2. The highest BCUT2D eigenvalue weighted by molar-refractivity contribution is 7.12. The van der Waals surface area contributed by atoms with Gasteiger partial charge in [-0.2, -0.15) is 0 Å². The van der Waals surface area contributed by atoms with Gasteiger partial charge in [0.2, 0.25) is 0 Å². The molecule has 148 valence electrons. The van der Waals surface area contributed by atoms with Crippen molar-refractivity contribution in [3.05, 3.63) is 45.7 Å².